The van der Waals surface area contributed by atoms with Crippen molar-refractivity contribution in [3.8, 4) is 22.7 Å². The summed E-state index contributed by atoms with van der Waals surface area (Å²) in [7, 11) is 0. The van der Waals surface area contributed by atoms with Gasteiger partial charge in [-0.15, -0.1) is 24.9 Å². The first-order valence-corrected chi connectivity index (χ1v) is 18.4. The van der Waals surface area contributed by atoms with Crippen molar-refractivity contribution in [2.24, 2.45) is 11.7 Å². The number of nitrogens with zero attached hydrogens (tertiary/aromatic N) is 2. The molecule has 0 amide bonds. The Morgan fingerprint density at radius 2 is 1.96 bits per heavy atom. The fourth-order valence-corrected chi connectivity index (χ4v) is 7.65. The maximum Gasteiger partial charge on any atom is 0.573 e. The van der Waals surface area contributed by atoms with E-state index in [0.29, 0.717) is 59.0 Å². The molecule has 2 aliphatic rings. The minimum Gasteiger partial charge on any atom is -0.403 e. The molecule has 0 unspecified atom stereocenters. The number of nitrogens with one attached hydrogen (secondary N) is 4. The number of aromatic amines is 1. The second kappa shape index (κ2) is 15.3. The quantitative estimate of drug-likeness (QED) is 0.0416. The lowest BCUT2D eigenvalue weighted by Gasteiger charge is -2.33. The van der Waals surface area contributed by atoms with Gasteiger partial charge in [-0.2, -0.15) is 4.98 Å². The molecule has 3 atom stereocenters. The van der Waals surface area contributed by atoms with E-state index in [1.54, 1.807) is 13.0 Å². The fourth-order valence-electron chi connectivity index (χ4n) is 6.95. The van der Waals surface area contributed by atoms with Gasteiger partial charge in [0.25, 0.3) is 0 Å². The van der Waals surface area contributed by atoms with Crippen LogP contribution in [0, 0.1) is 23.0 Å². The largest absolute Gasteiger partial charge is 0.573 e. The lowest BCUT2D eigenvalue weighted by molar-refractivity contribution is -0.275. The van der Waals surface area contributed by atoms with Gasteiger partial charge < -0.3 is 26.1 Å². The van der Waals surface area contributed by atoms with Gasteiger partial charge in [0.1, 0.15) is 11.5 Å². The highest BCUT2D eigenvalue weighted by Gasteiger charge is 2.34. The van der Waals surface area contributed by atoms with Gasteiger partial charge >= 0.3 is 12.1 Å². The number of halogens is 5. The zero-order chi connectivity index (χ0) is 36.4. The van der Waals surface area contributed by atoms with Crippen LogP contribution in [0.1, 0.15) is 75.5 Å². The predicted molar refractivity (Wildman–Crippen MR) is 189 cm³/mol. The van der Waals surface area contributed by atoms with E-state index in [9.17, 15) is 18.0 Å². The number of piperidine rings is 1. The number of amidine groups is 1. The highest BCUT2D eigenvalue weighted by molar-refractivity contribution is 7.98. The summed E-state index contributed by atoms with van der Waals surface area (Å²) >= 11 is 1.36. The predicted octanol–water partition coefficient (Wildman–Crippen LogP) is 7.50. The van der Waals surface area contributed by atoms with Crippen molar-refractivity contribution in [3.05, 3.63) is 69.8 Å². The highest BCUT2D eigenvalue weighted by atomic mass is 32.2. The Balaban J connectivity index is 1.29. The van der Waals surface area contributed by atoms with Crippen LogP contribution < -0.4 is 26.8 Å². The van der Waals surface area contributed by atoms with Crippen LogP contribution >= 0.6 is 11.8 Å². The molecule has 15 heteroatoms. The average molecular weight is 732 g/mol. The van der Waals surface area contributed by atoms with E-state index >= 15 is 8.78 Å². The van der Waals surface area contributed by atoms with Gasteiger partial charge in [-0.1, -0.05) is 6.42 Å². The minimum atomic E-state index is -5.11. The molecule has 2 fully saturated rings. The van der Waals surface area contributed by atoms with E-state index in [2.05, 4.69) is 25.3 Å². The molecule has 0 spiro atoms. The summed E-state index contributed by atoms with van der Waals surface area (Å²) in [6.07, 6.45) is 5.40. The van der Waals surface area contributed by atoms with E-state index in [0.717, 1.165) is 44.6 Å². The summed E-state index contributed by atoms with van der Waals surface area (Å²) in [6, 6.07) is 6.99. The summed E-state index contributed by atoms with van der Waals surface area (Å²) < 4.78 is 76.6. The molecule has 1 aliphatic heterocycles. The lowest BCUT2D eigenvalue weighted by atomic mass is 9.91. The third-order valence-corrected chi connectivity index (χ3v) is 10.4. The first-order valence-electron chi connectivity index (χ1n) is 17.2. The molecule has 0 radical (unpaired) electrons. The maximum atomic E-state index is 16.0. The number of hydrogen-bond donors (Lipinski definition) is 5. The second-order valence-corrected chi connectivity index (χ2v) is 14.4. The zero-order valence-corrected chi connectivity index (χ0v) is 29.2. The summed E-state index contributed by atoms with van der Waals surface area (Å²) in [6.45, 7) is 2.33. The summed E-state index contributed by atoms with van der Waals surface area (Å²) in [5, 5.41) is 14.5. The van der Waals surface area contributed by atoms with Crippen molar-refractivity contribution in [1.82, 2.24) is 25.2 Å². The number of H-pyrrole nitrogens is 1. The van der Waals surface area contributed by atoms with Crippen LogP contribution in [0.25, 0.3) is 28.0 Å². The highest BCUT2D eigenvalue weighted by Crippen LogP contribution is 2.38. The molecule has 2 aromatic heterocycles. The van der Waals surface area contributed by atoms with Crippen LogP contribution in [0.3, 0.4) is 0 Å². The molecule has 6 rings (SSSR count). The Hall–Kier alpha value is -3.95. The number of benzene rings is 2. The van der Waals surface area contributed by atoms with E-state index in [1.807, 2.05) is 6.26 Å². The monoisotopic (exact) mass is 731 g/mol. The van der Waals surface area contributed by atoms with Gasteiger partial charge in [0.2, 0.25) is 0 Å². The van der Waals surface area contributed by atoms with E-state index in [1.165, 1.54) is 40.7 Å². The summed E-state index contributed by atoms with van der Waals surface area (Å²) in [5.41, 5.74) is 6.73. The molecule has 51 heavy (non-hydrogen) atoms. The molecule has 4 aromatic rings. The Kier molecular flexibility index (Phi) is 11.1. The fraction of sp³-hybridized carbons (Fsp3) is 0.472. The zero-order valence-electron chi connectivity index (χ0n) is 28.4. The average Bonchev–Trinajstić information content (AvgIpc) is 3.84. The van der Waals surface area contributed by atoms with Crippen LogP contribution in [-0.4, -0.2) is 51.6 Å². The smallest absolute Gasteiger partial charge is 0.403 e. The van der Waals surface area contributed by atoms with Crippen LogP contribution in [0.5, 0.6) is 5.75 Å². The third-order valence-electron chi connectivity index (χ3n) is 9.64. The summed E-state index contributed by atoms with van der Waals surface area (Å²) in [5.74, 6) is -1.77. The molecule has 9 nitrogen and oxygen atoms in total. The molecule has 1 saturated carbocycles. The molecular weight excluding hydrogens is 689 g/mol. The third kappa shape index (κ3) is 8.93. The van der Waals surface area contributed by atoms with Gasteiger partial charge in [0.05, 0.1) is 17.2 Å². The van der Waals surface area contributed by atoms with Crippen molar-refractivity contribution in [2.75, 3.05) is 12.8 Å². The van der Waals surface area contributed by atoms with Gasteiger partial charge in [-0.05, 0) is 106 Å². The van der Waals surface area contributed by atoms with Gasteiger partial charge in [-0.25, -0.2) is 13.6 Å². The van der Waals surface area contributed by atoms with Crippen LogP contribution in [0.4, 0.5) is 22.0 Å². The molecule has 274 valence electrons. The van der Waals surface area contributed by atoms with Crippen molar-refractivity contribution >= 4 is 28.6 Å². The number of ether oxygens (including phenoxy) is 1. The number of hydrogen-bond acceptors (Lipinski definition) is 7. The van der Waals surface area contributed by atoms with Crippen LogP contribution in [0.15, 0.2) is 46.2 Å². The minimum absolute atomic E-state index is 0.0208. The molecular formula is C36H42F5N7O2S. The standard InChI is InChI=1S/C36H42F5N7O2S/c1-19(42)44-12-11-23-6-4-8-28(45-23)32-26(37)16-24(17-31(32)51-2)48-18-22-15-29(46-34(22)47-35(48)49)25-13-20(5-3-7-27(43)21-9-10-21)14-30(33(25)38)50-36(39,40)41/h13-18,21,23,27-28,45H,3-12,43H2,1-2H3,(H2,42,44)(H,46,47,49)/t23-,27+,28-/m0/s1. The van der Waals surface area contributed by atoms with Crippen LogP contribution in [-0.2, 0) is 6.42 Å². The van der Waals surface area contributed by atoms with Gasteiger partial charge in [0, 0.05) is 52.3 Å². The van der Waals surface area contributed by atoms with E-state index < -0.39 is 29.4 Å². The van der Waals surface area contributed by atoms with Crippen molar-refractivity contribution in [2.45, 2.75) is 94.1 Å². The maximum absolute atomic E-state index is 16.0. The van der Waals surface area contributed by atoms with E-state index in [4.69, 9.17) is 11.1 Å². The van der Waals surface area contributed by atoms with Crippen molar-refractivity contribution in [1.29, 1.82) is 5.41 Å². The number of alkyl halides is 3. The molecule has 2 aromatic carbocycles. The molecule has 1 saturated heterocycles. The Morgan fingerprint density at radius 3 is 2.67 bits per heavy atom. The molecule has 1 aliphatic carbocycles. The SMILES string of the molecule is CSc1cc(-n2cc3cc(-c4cc(CCC[C@@H](N)C5CC5)cc(OC(F)(F)F)c4F)[nH]c3nc2=O)cc(F)c1[C@@H]1CCC[C@@H](CCNC(C)=N)N1. The Labute approximate surface area is 296 Å². The van der Waals surface area contributed by atoms with Gasteiger partial charge in [0.15, 0.2) is 11.6 Å². The number of rotatable bonds is 13. The number of nitrogens with two attached hydrogens (primary N) is 1. The first-order chi connectivity index (χ1) is 24.3. The number of fused-ring (bicyclic) bond motifs is 1. The molecule has 3 heterocycles. The number of thioether (sulfide) groups is 1. The Morgan fingerprint density at radius 1 is 1.18 bits per heavy atom. The van der Waals surface area contributed by atoms with Crippen LogP contribution in [0.2, 0.25) is 0 Å². The van der Waals surface area contributed by atoms with Gasteiger partial charge in [-0.3, -0.25) is 9.98 Å². The number of aryl methyl sites for hydroxylation is 1. The second-order valence-electron chi connectivity index (χ2n) is 13.5. The van der Waals surface area contributed by atoms with Crippen molar-refractivity contribution < 1.29 is 26.7 Å². The topological polar surface area (TPSA) is 134 Å². The molecule has 6 N–H and O–H groups in total. The Bertz CT molecular complexity index is 1960. The lowest BCUT2D eigenvalue weighted by Crippen LogP contribution is -2.39. The molecule has 0 bridgehead atoms. The first kappa shape index (κ1) is 36.8. The van der Waals surface area contributed by atoms with E-state index in [-0.39, 0.29) is 40.7 Å². The normalized spacial score (nSPS) is 18.6. The summed E-state index contributed by atoms with van der Waals surface area (Å²) in [4.78, 5) is 20.9. The van der Waals surface area contributed by atoms with Crippen molar-refractivity contribution in [3.63, 3.8) is 0 Å². The number of aromatic nitrogens is 3.